The number of hydrogen-bond donors (Lipinski definition) is 1. The molecule has 0 saturated carbocycles. The topological polar surface area (TPSA) is 37.5 Å². The molecular formula is C22H20N2OS2. The molecule has 136 valence electrons. The first-order valence-corrected chi connectivity index (χ1v) is 10.3. The van der Waals surface area contributed by atoms with Crippen molar-refractivity contribution >= 4 is 47.1 Å². The van der Waals surface area contributed by atoms with E-state index in [4.69, 9.17) is 12.2 Å². The number of aromatic hydroxyl groups is 1. The van der Waals surface area contributed by atoms with Crippen LogP contribution in [0, 0.1) is 3.95 Å². The third kappa shape index (κ3) is 3.53. The molecule has 2 heterocycles. The number of aryl methyl sites for hydroxylation is 1. The van der Waals surface area contributed by atoms with Crippen molar-refractivity contribution in [3.63, 3.8) is 0 Å². The van der Waals surface area contributed by atoms with Crippen LogP contribution in [0.25, 0.3) is 17.3 Å². The second-order valence-electron chi connectivity index (χ2n) is 6.54. The summed E-state index contributed by atoms with van der Waals surface area (Å²) in [6.45, 7) is 2.20. The van der Waals surface area contributed by atoms with Gasteiger partial charge >= 0.3 is 0 Å². The van der Waals surface area contributed by atoms with Crippen molar-refractivity contribution in [2.24, 2.45) is 4.99 Å². The summed E-state index contributed by atoms with van der Waals surface area (Å²) in [5, 5.41) is 10.8. The van der Waals surface area contributed by atoms with Gasteiger partial charge in [0.15, 0.2) is 3.95 Å². The molecule has 0 saturated heterocycles. The van der Waals surface area contributed by atoms with Crippen LogP contribution < -0.4 is 0 Å². The highest BCUT2D eigenvalue weighted by molar-refractivity contribution is 7.73. The fourth-order valence-corrected chi connectivity index (χ4v) is 4.49. The van der Waals surface area contributed by atoms with Gasteiger partial charge in [0, 0.05) is 17.4 Å². The number of aliphatic imine (C=N–C) groups is 1. The number of thiazole rings is 1. The molecule has 0 amide bonds. The summed E-state index contributed by atoms with van der Waals surface area (Å²) >= 11 is 6.93. The molecule has 1 aromatic heterocycles. The van der Waals surface area contributed by atoms with Crippen molar-refractivity contribution in [2.45, 2.75) is 26.2 Å². The molecule has 4 rings (SSSR count). The van der Waals surface area contributed by atoms with Gasteiger partial charge in [0.1, 0.15) is 0 Å². The maximum absolute atomic E-state index is 10.8. The highest BCUT2D eigenvalue weighted by Crippen LogP contribution is 2.36. The number of para-hydroxylation sites is 1. The molecule has 0 aliphatic carbocycles. The van der Waals surface area contributed by atoms with E-state index in [0.29, 0.717) is 3.95 Å². The average Bonchev–Trinajstić information content (AvgIpc) is 3.22. The molecule has 0 spiro atoms. The van der Waals surface area contributed by atoms with Crippen molar-refractivity contribution in [2.75, 3.05) is 0 Å². The fourth-order valence-electron chi connectivity index (χ4n) is 3.19. The number of fused-ring (bicyclic) bond motifs is 1. The van der Waals surface area contributed by atoms with E-state index in [1.165, 1.54) is 29.7 Å². The first-order chi connectivity index (χ1) is 13.2. The van der Waals surface area contributed by atoms with Gasteiger partial charge in [-0.05, 0) is 54.9 Å². The van der Waals surface area contributed by atoms with Gasteiger partial charge in [0.25, 0.3) is 0 Å². The summed E-state index contributed by atoms with van der Waals surface area (Å²) in [5.41, 5.74) is 5.21. The van der Waals surface area contributed by atoms with E-state index in [-0.39, 0.29) is 5.88 Å². The van der Waals surface area contributed by atoms with Crippen LogP contribution in [0.4, 0.5) is 5.69 Å². The largest absolute Gasteiger partial charge is 0.493 e. The number of hydrogen-bond acceptors (Lipinski definition) is 4. The second kappa shape index (κ2) is 7.62. The smallest absolute Gasteiger partial charge is 0.215 e. The van der Waals surface area contributed by atoms with Crippen LogP contribution in [0.3, 0.4) is 0 Å². The zero-order valence-corrected chi connectivity index (χ0v) is 16.7. The van der Waals surface area contributed by atoms with Gasteiger partial charge in [0.05, 0.1) is 16.3 Å². The maximum atomic E-state index is 10.8. The molecule has 1 aliphatic heterocycles. The minimum absolute atomic E-state index is 0.177. The first kappa shape index (κ1) is 17.9. The summed E-state index contributed by atoms with van der Waals surface area (Å²) in [7, 11) is 0. The molecule has 27 heavy (non-hydrogen) atoms. The van der Waals surface area contributed by atoms with Gasteiger partial charge in [0.2, 0.25) is 5.88 Å². The number of rotatable bonds is 5. The third-order valence-corrected chi connectivity index (χ3v) is 5.98. The Labute approximate surface area is 168 Å². The maximum Gasteiger partial charge on any atom is 0.215 e. The quantitative estimate of drug-likeness (QED) is 0.498. The number of nitrogens with zero attached hydrogens (tertiary/aromatic N) is 2. The summed E-state index contributed by atoms with van der Waals surface area (Å²) in [5.74, 6) is 0.177. The Bertz CT molecular complexity index is 1090. The minimum atomic E-state index is 0.177. The van der Waals surface area contributed by atoms with E-state index < -0.39 is 0 Å². The van der Waals surface area contributed by atoms with Crippen LogP contribution in [0.2, 0.25) is 0 Å². The summed E-state index contributed by atoms with van der Waals surface area (Å²) < 4.78 is 2.36. The molecule has 0 fully saturated rings. The van der Waals surface area contributed by atoms with E-state index in [1.54, 1.807) is 4.57 Å². The van der Waals surface area contributed by atoms with Crippen LogP contribution >= 0.6 is 23.6 Å². The molecule has 2 aromatic carbocycles. The van der Waals surface area contributed by atoms with Gasteiger partial charge in [-0.15, -0.1) is 11.3 Å². The molecule has 3 nitrogen and oxygen atoms in total. The molecule has 0 unspecified atom stereocenters. The van der Waals surface area contributed by atoms with Gasteiger partial charge < -0.3 is 5.11 Å². The van der Waals surface area contributed by atoms with Gasteiger partial charge in [-0.2, -0.15) is 0 Å². The summed E-state index contributed by atoms with van der Waals surface area (Å²) in [6.07, 6.45) is 7.23. The second-order valence-corrected chi connectivity index (χ2v) is 8.21. The third-order valence-electron chi connectivity index (χ3n) is 4.67. The number of aromatic nitrogens is 1. The van der Waals surface area contributed by atoms with Crippen LogP contribution in [-0.4, -0.2) is 15.9 Å². The monoisotopic (exact) mass is 392 g/mol. The zero-order chi connectivity index (χ0) is 18.8. The van der Waals surface area contributed by atoms with E-state index >= 15 is 0 Å². The van der Waals surface area contributed by atoms with Crippen LogP contribution in [0.15, 0.2) is 53.5 Å². The predicted molar refractivity (Wildman–Crippen MR) is 117 cm³/mol. The molecule has 3 aromatic rings. The Morgan fingerprint density at radius 3 is 2.70 bits per heavy atom. The van der Waals surface area contributed by atoms with Crippen LogP contribution in [-0.2, 0) is 6.42 Å². The fraction of sp³-hybridized carbons (Fsp3) is 0.182. The SMILES string of the molecule is CCCCc1ccc(-n2c(O)c(/C=C3/C=Nc4ccccc43)sc2=S)cc1. The highest BCUT2D eigenvalue weighted by atomic mass is 32.1. The van der Waals surface area contributed by atoms with Crippen molar-refractivity contribution in [3.05, 3.63) is 68.5 Å². The Morgan fingerprint density at radius 2 is 1.93 bits per heavy atom. The number of allylic oxidation sites excluding steroid dienone is 1. The first-order valence-electron chi connectivity index (χ1n) is 9.06. The molecule has 1 N–H and O–H groups in total. The van der Waals surface area contributed by atoms with Crippen molar-refractivity contribution in [1.82, 2.24) is 4.57 Å². The Kier molecular flexibility index (Phi) is 5.05. The van der Waals surface area contributed by atoms with E-state index in [9.17, 15) is 5.11 Å². The lowest BCUT2D eigenvalue weighted by Gasteiger charge is -2.06. The molecule has 0 bridgehead atoms. The van der Waals surface area contributed by atoms with Gasteiger partial charge in [-0.3, -0.25) is 9.56 Å². The zero-order valence-electron chi connectivity index (χ0n) is 15.1. The predicted octanol–water partition coefficient (Wildman–Crippen LogP) is 6.57. The Balaban J connectivity index is 1.68. The average molecular weight is 393 g/mol. The lowest BCUT2D eigenvalue weighted by molar-refractivity contribution is 0.441. The number of benzene rings is 2. The molecule has 5 heteroatoms. The normalized spacial score (nSPS) is 14.0. The summed E-state index contributed by atoms with van der Waals surface area (Å²) in [6, 6.07) is 16.3. The lowest BCUT2D eigenvalue weighted by Crippen LogP contribution is -1.94. The highest BCUT2D eigenvalue weighted by Gasteiger charge is 2.16. The van der Waals surface area contributed by atoms with E-state index in [1.807, 2.05) is 48.7 Å². The van der Waals surface area contributed by atoms with Gasteiger partial charge in [-0.1, -0.05) is 43.7 Å². The van der Waals surface area contributed by atoms with Crippen molar-refractivity contribution in [1.29, 1.82) is 0 Å². The van der Waals surface area contributed by atoms with E-state index in [2.05, 4.69) is 24.0 Å². The molecule has 0 atom stereocenters. The summed E-state index contributed by atoms with van der Waals surface area (Å²) in [4.78, 5) is 5.17. The Morgan fingerprint density at radius 1 is 1.15 bits per heavy atom. The molecule has 1 aliphatic rings. The molecule has 0 radical (unpaired) electrons. The van der Waals surface area contributed by atoms with Gasteiger partial charge in [-0.25, -0.2) is 0 Å². The van der Waals surface area contributed by atoms with Crippen molar-refractivity contribution in [3.8, 4) is 11.6 Å². The van der Waals surface area contributed by atoms with Crippen LogP contribution in [0.1, 0.15) is 35.8 Å². The minimum Gasteiger partial charge on any atom is -0.493 e. The van der Waals surface area contributed by atoms with Crippen LogP contribution in [0.5, 0.6) is 5.88 Å². The molecular weight excluding hydrogens is 372 g/mol. The van der Waals surface area contributed by atoms with Crippen molar-refractivity contribution < 1.29 is 5.11 Å². The van der Waals surface area contributed by atoms with E-state index in [0.717, 1.165) is 33.8 Å². The lowest BCUT2D eigenvalue weighted by atomic mass is 10.1. The number of unbranched alkanes of at least 4 members (excludes halogenated alkanes) is 1. The Hall–Kier alpha value is -2.50. The standard InChI is InChI=1S/C22H20N2OS2/c1-2-3-6-15-9-11-17(12-10-15)24-21(25)20(27-22(24)26)13-16-14-23-19-8-5-4-7-18(16)19/h4-5,7-14,25H,2-3,6H2,1H3/b16-13-.